The number of amides is 1. The summed E-state index contributed by atoms with van der Waals surface area (Å²) in [4.78, 5) is 21.6. The summed E-state index contributed by atoms with van der Waals surface area (Å²) in [5.74, 6) is -0.413. The van der Waals surface area contributed by atoms with Gasteiger partial charge in [-0.05, 0) is 19.9 Å². The van der Waals surface area contributed by atoms with Crippen molar-refractivity contribution in [3.8, 4) is 0 Å². The lowest BCUT2D eigenvalue weighted by atomic mass is 10.2. The van der Waals surface area contributed by atoms with Crippen LogP contribution in [0.4, 0.5) is 5.69 Å². The van der Waals surface area contributed by atoms with Gasteiger partial charge in [-0.1, -0.05) is 17.7 Å². The van der Waals surface area contributed by atoms with Gasteiger partial charge >= 0.3 is 0 Å². The Morgan fingerprint density at radius 2 is 2.12 bits per heavy atom. The summed E-state index contributed by atoms with van der Waals surface area (Å²) < 4.78 is 0. The van der Waals surface area contributed by atoms with E-state index in [1.807, 2.05) is 0 Å². The van der Waals surface area contributed by atoms with Gasteiger partial charge in [-0.25, -0.2) is 0 Å². The van der Waals surface area contributed by atoms with Crippen LogP contribution >= 0.6 is 11.6 Å². The van der Waals surface area contributed by atoms with Crippen LogP contribution in [0.5, 0.6) is 0 Å². The summed E-state index contributed by atoms with van der Waals surface area (Å²) in [7, 11) is 0. The van der Waals surface area contributed by atoms with Crippen molar-refractivity contribution >= 4 is 23.2 Å². The second-order valence-corrected chi connectivity index (χ2v) is 3.90. The third-order valence-electron chi connectivity index (χ3n) is 1.84. The van der Waals surface area contributed by atoms with Crippen molar-refractivity contribution in [3.63, 3.8) is 0 Å². The smallest absolute Gasteiger partial charge is 0.288 e. The second kappa shape index (κ2) is 4.94. The van der Waals surface area contributed by atoms with E-state index in [-0.39, 0.29) is 22.3 Å². The number of nitrogens with one attached hydrogen (secondary N) is 1. The molecule has 0 spiro atoms. The predicted octanol–water partition coefficient (Wildman–Crippen LogP) is 2.39. The maximum absolute atomic E-state index is 11.6. The Labute approximate surface area is 97.6 Å². The third kappa shape index (κ3) is 2.70. The van der Waals surface area contributed by atoms with Crippen LogP contribution in [0.3, 0.4) is 0 Å². The molecular formula is C10H11ClN2O3. The molecule has 1 rings (SSSR count). The van der Waals surface area contributed by atoms with Gasteiger partial charge in [0.05, 0.1) is 10.5 Å². The number of hydrogen-bond donors (Lipinski definition) is 1. The van der Waals surface area contributed by atoms with Crippen molar-refractivity contribution in [2.75, 3.05) is 0 Å². The topological polar surface area (TPSA) is 72.2 Å². The van der Waals surface area contributed by atoms with Gasteiger partial charge in [0.1, 0.15) is 5.02 Å². The molecule has 1 aromatic carbocycles. The summed E-state index contributed by atoms with van der Waals surface area (Å²) in [5.41, 5.74) is -0.150. The Morgan fingerprint density at radius 1 is 1.50 bits per heavy atom. The third-order valence-corrected chi connectivity index (χ3v) is 2.24. The molecule has 0 fully saturated rings. The summed E-state index contributed by atoms with van der Waals surface area (Å²) in [6.45, 7) is 3.59. The first-order valence-electron chi connectivity index (χ1n) is 4.67. The number of carbonyl (C=O) groups excluding carboxylic acids is 1. The normalized spacial score (nSPS) is 10.2. The van der Waals surface area contributed by atoms with Gasteiger partial charge in [-0.3, -0.25) is 14.9 Å². The fraction of sp³-hybridized carbons (Fsp3) is 0.300. The average molecular weight is 243 g/mol. The van der Waals surface area contributed by atoms with Gasteiger partial charge in [0, 0.05) is 12.1 Å². The number of rotatable bonds is 3. The van der Waals surface area contributed by atoms with Crippen LogP contribution in [-0.4, -0.2) is 16.9 Å². The number of halogens is 1. The molecule has 1 amide bonds. The molecule has 1 N–H and O–H groups in total. The molecule has 0 radical (unpaired) electrons. The standard InChI is InChI=1S/C10H11ClN2O3/c1-6(2)12-10(14)7-4-3-5-8(9(7)11)13(15)16/h3-6H,1-2H3,(H,12,14). The van der Waals surface area contributed by atoms with Crippen LogP contribution in [0.2, 0.25) is 5.02 Å². The Bertz CT molecular complexity index is 432. The van der Waals surface area contributed by atoms with Crippen molar-refractivity contribution in [1.29, 1.82) is 0 Å². The van der Waals surface area contributed by atoms with Crippen LogP contribution in [0, 0.1) is 10.1 Å². The molecule has 6 heteroatoms. The number of nitro benzene ring substituents is 1. The fourth-order valence-corrected chi connectivity index (χ4v) is 1.46. The highest BCUT2D eigenvalue weighted by Crippen LogP contribution is 2.27. The average Bonchev–Trinajstić information content (AvgIpc) is 2.16. The predicted molar refractivity (Wildman–Crippen MR) is 60.7 cm³/mol. The molecule has 0 unspecified atom stereocenters. The summed E-state index contributed by atoms with van der Waals surface area (Å²) in [6, 6.07) is 4.09. The Balaban J connectivity index is 3.10. The number of benzene rings is 1. The van der Waals surface area contributed by atoms with Crippen molar-refractivity contribution in [3.05, 3.63) is 38.9 Å². The van der Waals surface area contributed by atoms with Gasteiger partial charge in [0.2, 0.25) is 0 Å². The van der Waals surface area contributed by atoms with E-state index < -0.39 is 10.8 Å². The minimum absolute atomic E-state index is 0.0529. The highest BCUT2D eigenvalue weighted by molar-refractivity contribution is 6.35. The van der Waals surface area contributed by atoms with Gasteiger partial charge in [-0.2, -0.15) is 0 Å². The van der Waals surface area contributed by atoms with Crippen molar-refractivity contribution in [2.45, 2.75) is 19.9 Å². The Kier molecular flexibility index (Phi) is 3.84. The minimum Gasteiger partial charge on any atom is -0.350 e. The van der Waals surface area contributed by atoms with E-state index in [0.717, 1.165) is 0 Å². The maximum atomic E-state index is 11.6. The Hall–Kier alpha value is -1.62. The molecule has 0 aliphatic rings. The number of carbonyl (C=O) groups is 1. The summed E-state index contributed by atoms with van der Waals surface area (Å²) in [6.07, 6.45) is 0. The van der Waals surface area contributed by atoms with Gasteiger partial charge in [0.25, 0.3) is 11.6 Å². The first kappa shape index (κ1) is 12.4. The molecule has 0 aromatic heterocycles. The molecule has 0 atom stereocenters. The summed E-state index contributed by atoms with van der Waals surface area (Å²) >= 11 is 5.78. The molecule has 1 aromatic rings. The van der Waals surface area contributed by atoms with Crippen LogP contribution in [0.1, 0.15) is 24.2 Å². The molecule has 0 saturated heterocycles. The zero-order chi connectivity index (χ0) is 12.3. The molecule has 0 saturated carbocycles. The number of nitrogens with zero attached hydrogens (tertiary/aromatic N) is 1. The van der Waals surface area contributed by atoms with Crippen LogP contribution in [0.15, 0.2) is 18.2 Å². The van der Waals surface area contributed by atoms with E-state index in [2.05, 4.69) is 5.32 Å². The minimum atomic E-state index is -0.617. The largest absolute Gasteiger partial charge is 0.350 e. The van der Waals surface area contributed by atoms with Crippen LogP contribution in [-0.2, 0) is 0 Å². The maximum Gasteiger partial charge on any atom is 0.288 e. The molecular weight excluding hydrogens is 232 g/mol. The quantitative estimate of drug-likeness (QED) is 0.653. The van der Waals surface area contributed by atoms with E-state index in [4.69, 9.17) is 11.6 Å². The lowest BCUT2D eigenvalue weighted by Gasteiger charge is -2.09. The zero-order valence-corrected chi connectivity index (χ0v) is 9.62. The number of hydrogen-bond acceptors (Lipinski definition) is 3. The highest BCUT2D eigenvalue weighted by atomic mass is 35.5. The number of nitro groups is 1. The SMILES string of the molecule is CC(C)NC(=O)c1cccc([N+](=O)[O-])c1Cl. The van der Waals surface area contributed by atoms with E-state index in [1.54, 1.807) is 13.8 Å². The second-order valence-electron chi connectivity index (χ2n) is 3.52. The zero-order valence-electron chi connectivity index (χ0n) is 8.86. The van der Waals surface area contributed by atoms with Crippen LogP contribution in [0.25, 0.3) is 0 Å². The van der Waals surface area contributed by atoms with Crippen molar-refractivity contribution in [1.82, 2.24) is 5.32 Å². The van der Waals surface area contributed by atoms with E-state index >= 15 is 0 Å². The molecule has 0 heterocycles. The molecule has 86 valence electrons. The van der Waals surface area contributed by atoms with Gasteiger partial charge in [0.15, 0.2) is 0 Å². The van der Waals surface area contributed by atoms with E-state index in [0.29, 0.717) is 0 Å². The molecule has 0 aliphatic carbocycles. The fourth-order valence-electron chi connectivity index (χ4n) is 1.18. The van der Waals surface area contributed by atoms with Crippen molar-refractivity contribution < 1.29 is 9.72 Å². The molecule has 0 aliphatic heterocycles. The van der Waals surface area contributed by atoms with Crippen molar-refractivity contribution in [2.24, 2.45) is 0 Å². The first-order chi connectivity index (χ1) is 7.43. The molecule has 0 bridgehead atoms. The molecule has 5 nitrogen and oxygen atoms in total. The molecule has 16 heavy (non-hydrogen) atoms. The van der Waals surface area contributed by atoms with Gasteiger partial charge < -0.3 is 5.32 Å². The van der Waals surface area contributed by atoms with Crippen LogP contribution < -0.4 is 5.32 Å². The highest BCUT2D eigenvalue weighted by Gasteiger charge is 2.19. The lowest BCUT2D eigenvalue weighted by molar-refractivity contribution is -0.384. The Morgan fingerprint density at radius 3 is 2.62 bits per heavy atom. The van der Waals surface area contributed by atoms with E-state index in [9.17, 15) is 14.9 Å². The summed E-state index contributed by atoms with van der Waals surface area (Å²) in [5, 5.41) is 13.1. The van der Waals surface area contributed by atoms with Gasteiger partial charge in [-0.15, -0.1) is 0 Å². The monoisotopic (exact) mass is 242 g/mol. The first-order valence-corrected chi connectivity index (χ1v) is 5.05. The van der Waals surface area contributed by atoms with E-state index in [1.165, 1.54) is 18.2 Å². The lowest BCUT2D eigenvalue weighted by Crippen LogP contribution is -2.30.